The molecule has 0 radical (unpaired) electrons. The third-order valence-corrected chi connectivity index (χ3v) is 5.40. The van der Waals surface area contributed by atoms with Crippen molar-refractivity contribution >= 4 is 29.1 Å². The van der Waals surface area contributed by atoms with E-state index in [2.05, 4.69) is 38.5 Å². The number of allylic oxidation sites excluding steroid dienone is 4. The minimum atomic E-state index is 0.531. The van der Waals surface area contributed by atoms with Crippen LogP contribution >= 0.6 is 0 Å². The summed E-state index contributed by atoms with van der Waals surface area (Å²) in [5.74, 6) is 1.37. The average Bonchev–Trinajstić information content (AvgIpc) is 3.29. The van der Waals surface area contributed by atoms with E-state index in [1.807, 2.05) is 24.3 Å². The normalized spacial score (nSPS) is 13.2. The van der Waals surface area contributed by atoms with Crippen LogP contribution in [0, 0.1) is 0 Å². The molecule has 1 aromatic carbocycles. The molecule has 7 nitrogen and oxygen atoms in total. The van der Waals surface area contributed by atoms with Gasteiger partial charge in [-0.3, -0.25) is 0 Å². The van der Waals surface area contributed by atoms with Crippen LogP contribution in [0.15, 0.2) is 54.4 Å². The predicted molar refractivity (Wildman–Crippen MR) is 126 cm³/mol. The maximum absolute atomic E-state index is 10.3. The number of fused-ring (bicyclic) bond motifs is 1. The van der Waals surface area contributed by atoms with E-state index in [0.717, 1.165) is 73.9 Å². The Bertz CT molecular complexity index is 1090. The van der Waals surface area contributed by atoms with Gasteiger partial charge in [0.05, 0.1) is 18.6 Å². The van der Waals surface area contributed by atoms with Crippen LogP contribution in [0.3, 0.4) is 0 Å². The summed E-state index contributed by atoms with van der Waals surface area (Å²) >= 11 is 0. The zero-order valence-electron chi connectivity index (χ0n) is 18.2. The van der Waals surface area contributed by atoms with Gasteiger partial charge in [-0.05, 0) is 55.5 Å². The Balaban J connectivity index is 1.35. The first-order valence-electron chi connectivity index (χ1n) is 11.3. The summed E-state index contributed by atoms with van der Waals surface area (Å²) in [6.45, 7) is 0.681. The highest BCUT2D eigenvalue weighted by Gasteiger charge is 2.12. The van der Waals surface area contributed by atoms with Crippen molar-refractivity contribution in [3.63, 3.8) is 0 Å². The molecule has 0 amide bonds. The molecule has 1 aliphatic carbocycles. The second kappa shape index (κ2) is 11.2. The number of hydrogen-bond donors (Lipinski definition) is 2. The first-order chi connectivity index (χ1) is 15.8. The number of H-pyrrole nitrogens is 1. The summed E-state index contributed by atoms with van der Waals surface area (Å²) in [5.41, 5.74) is 4.63. The van der Waals surface area contributed by atoms with Crippen LogP contribution in [0.4, 0.5) is 11.6 Å². The molecular weight excluding hydrogens is 402 g/mol. The van der Waals surface area contributed by atoms with Crippen LogP contribution in [-0.2, 0) is 11.2 Å². The van der Waals surface area contributed by atoms with Crippen LogP contribution in [0.1, 0.15) is 50.6 Å². The molecule has 0 saturated carbocycles. The molecule has 32 heavy (non-hydrogen) atoms. The number of carbonyl (C=O) groups is 1. The van der Waals surface area contributed by atoms with E-state index in [1.54, 1.807) is 6.33 Å². The number of nitrogens with zero attached hydrogens (tertiary/aromatic N) is 3. The molecule has 0 saturated heterocycles. The van der Waals surface area contributed by atoms with Gasteiger partial charge < -0.3 is 19.8 Å². The van der Waals surface area contributed by atoms with Gasteiger partial charge in [0.15, 0.2) is 5.65 Å². The van der Waals surface area contributed by atoms with E-state index < -0.39 is 0 Å². The minimum Gasteiger partial charge on any atom is -0.494 e. The number of rotatable bonds is 12. The zero-order chi connectivity index (χ0) is 22.0. The van der Waals surface area contributed by atoms with Gasteiger partial charge >= 0.3 is 0 Å². The van der Waals surface area contributed by atoms with Crippen LogP contribution in [0.25, 0.3) is 11.2 Å². The van der Waals surface area contributed by atoms with E-state index in [0.29, 0.717) is 24.6 Å². The number of hydrogen-bond acceptors (Lipinski definition) is 6. The lowest BCUT2D eigenvalue weighted by Crippen LogP contribution is -2.03. The number of aromatic nitrogens is 4. The number of anilines is 2. The zero-order valence-corrected chi connectivity index (χ0v) is 18.2. The van der Waals surface area contributed by atoms with Crippen LogP contribution < -0.4 is 10.1 Å². The van der Waals surface area contributed by atoms with E-state index in [-0.39, 0.29) is 0 Å². The predicted octanol–water partition coefficient (Wildman–Crippen LogP) is 5.44. The third kappa shape index (κ3) is 6.03. The average molecular weight is 432 g/mol. The molecular formula is C25H29N5O2. The lowest BCUT2D eigenvalue weighted by atomic mass is 10.0. The maximum atomic E-state index is 10.3. The number of imidazole rings is 1. The van der Waals surface area contributed by atoms with Gasteiger partial charge in [-0.1, -0.05) is 31.1 Å². The second-order valence-electron chi connectivity index (χ2n) is 7.90. The molecule has 2 N–H and O–H groups in total. The van der Waals surface area contributed by atoms with E-state index in [4.69, 9.17) is 9.72 Å². The van der Waals surface area contributed by atoms with E-state index >= 15 is 0 Å². The molecule has 3 aromatic rings. The van der Waals surface area contributed by atoms with Gasteiger partial charge in [0.2, 0.25) is 5.95 Å². The van der Waals surface area contributed by atoms with Gasteiger partial charge in [0, 0.05) is 18.5 Å². The smallest absolute Gasteiger partial charge is 0.229 e. The Morgan fingerprint density at radius 2 is 1.94 bits per heavy atom. The Labute approximate surface area is 188 Å². The summed E-state index contributed by atoms with van der Waals surface area (Å²) in [5, 5.41) is 3.29. The third-order valence-electron chi connectivity index (χ3n) is 5.40. The second-order valence-corrected chi connectivity index (χ2v) is 7.90. The molecule has 2 heterocycles. The van der Waals surface area contributed by atoms with Crippen LogP contribution in [0.2, 0.25) is 0 Å². The highest BCUT2D eigenvalue weighted by molar-refractivity contribution is 5.75. The fourth-order valence-corrected chi connectivity index (χ4v) is 3.71. The van der Waals surface area contributed by atoms with Crippen molar-refractivity contribution in [3.8, 4) is 5.75 Å². The molecule has 0 unspecified atom stereocenters. The van der Waals surface area contributed by atoms with Crippen molar-refractivity contribution in [2.45, 2.75) is 51.4 Å². The fraction of sp³-hybridized carbons (Fsp3) is 0.360. The Hall–Kier alpha value is -3.48. The minimum absolute atomic E-state index is 0.531. The lowest BCUT2D eigenvalue weighted by Gasteiger charge is -2.11. The number of carbonyl (C=O) groups excluding carboxylic acids is 1. The molecule has 4 rings (SSSR count). The van der Waals surface area contributed by atoms with E-state index in [1.165, 1.54) is 5.57 Å². The van der Waals surface area contributed by atoms with E-state index in [9.17, 15) is 4.79 Å². The molecule has 0 atom stereocenters. The molecule has 7 heteroatoms. The molecule has 0 fully saturated rings. The molecule has 2 aromatic heterocycles. The van der Waals surface area contributed by atoms with Gasteiger partial charge in [0.1, 0.15) is 17.6 Å². The molecule has 1 aliphatic rings. The van der Waals surface area contributed by atoms with Gasteiger partial charge in [-0.2, -0.15) is 4.98 Å². The summed E-state index contributed by atoms with van der Waals surface area (Å²) in [4.78, 5) is 27.1. The molecule has 166 valence electrons. The fourth-order valence-electron chi connectivity index (χ4n) is 3.71. The summed E-state index contributed by atoms with van der Waals surface area (Å²) in [6, 6.07) is 7.81. The highest BCUT2D eigenvalue weighted by Crippen LogP contribution is 2.23. The van der Waals surface area contributed by atoms with Crippen molar-refractivity contribution < 1.29 is 9.53 Å². The molecule has 0 bridgehead atoms. The first-order valence-corrected chi connectivity index (χ1v) is 11.3. The Morgan fingerprint density at radius 1 is 1.06 bits per heavy atom. The number of aldehydes is 1. The first kappa shape index (κ1) is 21.7. The van der Waals surface area contributed by atoms with Crippen molar-refractivity contribution in [2.75, 3.05) is 11.9 Å². The summed E-state index contributed by atoms with van der Waals surface area (Å²) < 4.78 is 5.81. The Morgan fingerprint density at radius 3 is 2.75 bits per heavy atom. The van der Waals surface area contributed by atoms with Gasteiger partial charge in [-0.25, -0.2) is 9.97 Å². The number of aromatic amines is 1. The van der Waals surface area contributed by atoms with Crippen LogP contribution in [0.5, 0.6) is 5.75 Å². The van der Waals surface area contributed by atoms with Gasteiger partial charge in [-0.15, -0.1) is 0 Å². The maximum Gasteiger partial charge on any atom is 0.229 e. The lowest BCUT2D eigenvalue weighted by molar-refractivity contribution is -0.107. The molecule has 0 spiro atoms. The number of ether oxygens (including phenoxy) is 1. The van der Waals surface area contributed by atoms with Crippen molar-refractivity contribution in [1.82, 2.24) is 19.9 Å². The van der Waals surface area contributed by atoms with Crippen molar-refractivity contribution in [2.24, 2.45) is 0 Å². The van der Waals surface area contributed by atoms with Crippen molar-refractivity contribution in [3.05, 3.63) is 60.1 Å². The highest BCUT2D eigenvalue weighted by atomic mass is 16.5. The topological polar surface area (TPSA) is 92.8 Å². The Kier molecular flexibility index (Phi) is 7.63. The van der Waals surface area contributed by atoms with Crippen molar-refractivity contribution in [1.29, 1.82) is 0 Å². The SMILES string of the molecule is O=CCCCCCCOc1ccc(Nc2nc(CC3=CCCC=C3)c3[nH]cnc3n2)cc1. The van der Waals surface area contributed by atoms with Crippen LogP contribution in [-0.4, -0.2) is 32.8 Å². The number of benzene rings is 1. The van der Waals surface area contributed by atoms with Gasteiger partial charge in [0.25, 0.3) is 0 Å². The largest absolute Gasteiger partial charge is 0.494 e. The quantitative estimate of drug-likeness (QED) is 0.293. The number of unbranched alkanes of at least 4 members (excludes halogenated alkanes) is 4. The molecule has 0 aliphatic heterocycles. The summed E-state index contributed by atoms with van der Waals surface area (Å²) in [6.07, 6.45) is 17.0. The number of nitrogens with one attached hydrogen (secondary N) is 2. The monoisotopic (exact) mass is 431 g/mol. The standard InChI is InChI=1S/C25H29N5O2/c31-15-7-2-1-3-8-16-32-21-13-11-20(12-14-21)28-25-29-22(17-19-9-5-4-6-10-19)23-24(30-25)27-18-26-23/h5,9-15,18H,1-4,6-8,16-17H2,(H2,26,27,28,29,30). The summed E-state index contributed by atoms with van der Waals surface area (Å²) in [7, 11) is 0.